The summed E-state index contributed by atoms with van der Waals surface area (Å²) in [4.78, 5) is 24.8. The van der Waals surface area contributed by atoms with Gasteiger partial charge in [-0.15, -0.1) is 0 Å². The molecule has 1 atom stereocenters. The fraction of sp³-hybridized carbons (Fsp3) is 0.0625. The minimum absolute atomic E-state index is 0.301. The van der Waals surface area contributed by atoms with Crippen LogP contribution in [0.25, 0.3) is 5.82 Å². The second-order valence-corrected chi connectivity index (χ2v) is 4.55. The maximum atomic E-state index is 12.6. The number of hydrogen-bond acceptors (Lipinski definition) is 5. The molecular weight excluding hydrogens is 278 g/mol. The molecule has 0 aliphatic rings. The molecule has 3 rings (SSSR count). The molecule has 22 heavy (non-hydrogen) atoms. The van der Waals surface area contributed by atoms with Crippen molar-refractivity contribution in [1.82, 2.24) is 19.5 Å². The van der Waals surface area contributed by atoms with Crippen LogP contribution in [-0.4, -0.2) is 25.3 Å². The van der Waals surface area contributed by atoms with Gasteiger partial charge >= 0.3 is 0 Å². The van der Waals surface area contributed by atoms with Crippen molar-refractivity contribution in [2.45, 2.75) is 5.92 Å². The normalized spacial score (nSPS) is 11.6. The Balaban J connectivity index is 1.95. The molecule has 0 amide bonds. The Hall–Kier alpha value is -3.33. The average molecular weight is 289 g/mol. The molecule has 0 saturated carbocycles. The van der Waals surface area contributed by atoms with Crippen molar-refractivity contribution in [1.29, 1.82) is 5.26 Å². The van der Waals surface area contributed by atoms with Crippen LogP contribution in [0.4, 0.5) is 0 Å². The molecule has 0 spiro atoms. The number of nitriles is 1. The summed E-state index contributed by atoms with van der Waals surface area (Å²) in [5.74, 6) is -0.662. The van der Waals surface area contributed by atoms with E-state index in [2.05, 4.69) is 15.0 Å². The van der Waals surface area contributed by atoms with E-state index < -0.39 is 5.92 Å². The van der Waals surface area contributed by atoms with Gasteiger partial charge in [0, 0.05) is 30.4 Å². The zero-order chi connectivity index (χ0) is 15.4. The summed E-state index contributed by atoms with van der Waals surface area (Å²) < 4.78 is 1.69. The number of carbonyl (C=O) groups is 1. The highest BCUT2D eigenvalue weighted by molar-refractivity contribution is 6.02. The van der Waals surface area contributed by atoms with Crippen LogP contribution in [0.1, 0.15) is 22.0 Å². The molecule has 0 radical (unpaired) electrons. The number of aromatic nitrogens is 4. The first kappa shape index (κ1) is 13.6. The molecule has 0 unspecified atom stereocenters. The number of Topliss-reactive ketones (excluding diaryl/α,β-unsaturated/α-hetero) is 1. The number of hydrogen-bond donors (Lipinski definition) is 0. The van der Waals surface area contributed by atoms with E-state index in [-0.39, 0.29) is 5.78 Å². The van der Waals surface area contributed by atoms with Gasteiger partial charge in [-0.1, -0.05) is 6.07 Å². The van der Waals surface area contributed by atoms with Crippen LogP contribution in [0.15, 0.2) is 61.4 Å². The fourth-order valence-corrected chi connectivity index (χ4v) is 2.08. The minimum Gasteiger partial charge on any atom is -0.292 e. The van der Waals surface area contributed by atoms with Gasteiger partial charge in [0.15, 0.2) is 11.7 Å². The van der Waals surface area contributed by atoms with Crippen molar-refractivity contribution in [3.05, 3.63) is 72.7 Å². The maximum absolute atomic E-state index is 12.6. The Morgan fingerprint density at radius 3 is 2.77 bits per heavy atom. The number of rotatable bonds is 4. The maximum Gasteiger partial charge on any atom is 0.186 e. The second-order valence-electron chi connectivity index (χ2n) is 4.55. The van der Waals surface area contributed by atoms with Gasteiger partial charge in [0.25, 0.3) is 0 Å². The lowest BCUT2D eigenvalue weighted by molar-refractivity contribution is 0.0977. The minimum atomic E-state index is -0.931. The molecule has 3 heterocycles. The number of ketones is 1. The van der Waals surface area contributed by atoms with E-state index in [9.17, 15) is 10.1 Å². The van der Waals surface area contributed by atoms with Crippen molar-refractivity contribution in [3.8, 4) is 11.9 Å². The van der Waals surface area contributed by atoms with Gasteiger partial charge in [-0.2, -0.15) is 5.26 Å². The van der Waals surface area contributed by atoms with Crippen LogP contribution in [0, 0.1) is 11.3 Å². The van der Waals surface area contributed by atoms with Gasteiger partial charge in [0.05, 0.1) is 11.8 Å². The summed E-state index contributed by atoms with van der Waals surface area (Å²) >= 11 is 0. The van der Waals surface area contributed by atoms with E-state index in [0.29, 0.717) is 17.1 Å². The molecule has 0 aliphatic heterocycles. The Bertz CT molecular complexity index is 821. The fourth-order valence-electron chi connectivity index (χ4n) is 2.08. The number of carbonyl (C=O) groups excluding carboxylic acids is 1. The zero-order valence-electron chi connectivity index (χ0n) is 11.5. The summed E-state index contributed by atoms with van der Waals surface area (Å²) in [6.45, 7) is 0. The van der Waals surface area contributed by atoms with Gasteiger partial charge in [0.2, 0.25) is 0 Å². The first-order valence-corrected chi connectivity index (χ1v) is 6.59. The van der Waals surface area contributed by atoms with E-state index in [4.69, 9.17) is 0 Å². The third-order valence-electron chi connectivity index (χ3n) is 3.17. The van der Waals surface area contributed by atoms with E-state index in [1.807, 2.05) is 6.07 Å². The topological polar surface area (TPSA) is 84.5 Å². The van der Waals surface area contributed by atoms with Crippen LogP contribution in [0.3, 0.4) is 0 Å². The molecule has 0 aliphatic carbocycles. The highest BCUT2D eigenvalue weighted by Crippen LogP contribution is 2.19. The Kier molecular flexibility index (Phi) is 3.70. The molecule has 3 aromatic rings. The van der Waals surface area contributed by atoms with Crippen molar-refractivity contribution < 1.29 is 4.79 Å². The number of nitrogens with zero attached hydrogens (tertiary/aromatic N) is 5. The molecule has 106 valence electrons. The predicted octanol–water partition coefficient (Wildman–Crippen LogP) is 2.15. The highest BCUT2D eigenvalue weighted by Gasteiger charge is 2.23. The molecule has 0 saturated heterocycles. The molecule has 0 N–H and O–H groups in total. The molecule has 0 fully saturated rings. The lowest BCUT2D eigenvalue weighted by Crippen LogP contribution is -2.13. The van der Waals surface area contributed by atoms with E-state index in [1.165, 1.54) is 6.20 Å². The van der Waals surface area contributed by atoms with Gasteiger partial charge in [-0.25, -0.2) is 9.97 Å². The quantitative estimate of drug-likeness (QED) is 0.687. The first-order chi connectivity index (χ1) is 10.8. The molecule has 6 heteroatoms. The van der Waals surface area contributed by atoms with E-state index >= 15 is 0 Å². The monoisotopic (exact) mass is 289 g/mol. The van der Waals surface area contributed by atoms with E-state index in [0.717, 1.165) is 0 Å². The number of pyridine rings is 2. The third kappa shape index (κ3) is 2.60. The van der Waals surface area contributed by atoms with E-state index in [1.54, 1.807) is 59.8 Å². The smallest absolute Gasteiger partial charge is 0.186 e. The standard InChI is InChI=1S/C16H11N5O/c17-10-13(14-3-1-2-5-19-14)16(22)12-4-6-20-15(9-12)21-8-7-18-11-21/h1-9,11,13H/t13-/m1/s1. The van der Waals surface area contributed by atoms with Crippen LogP contribution >= 0.6 is 0 Å². The van der Waals surface area contributed by atoms with Gasteiger partial charge < -0.3 is 0 Å². The highest BCUT2D eigenvalue weighted by atomic mass is 16.1. The Labute approximate surface area is 126 Å². The zero-order valence-corrected chi connectivity index (χ0v) is 11.5. The van der Waals surface area contributed by atoms with Crippen LogP contribution in [0.5, 0.6) is 0 Å². The van der Waals surface area contributed by atoms with Gasteiger partial charge in [-0.3, -0.25) is 14.3 Å². The first-order valence-electron chi connectivity index (χ1n) is 6.59. The Morgan fingerprint density at radius 2 is 2.09 bits per heavy atom. The van der Waals surface area contributed by atoms with Gasteiger partial charge in [-0.05, 0) is 24.3 Å². The summed E-state index contributed by atoms with van der Waals surface area (Å²) in [6, 6.07) is 10.4. The van der Waals surface area contributed by atoms with Crippen LogP contribution < -0.4 is 0 Å². The third-order valence-corrected chi connectivity index (χ3v) is 3.17. The van der Waals surface area contributed by atoms with Crippen molar-refractivity contribution in [3.63, 3.8) is 0 Å². The van der Waals surface area contributed by atoms with Crippen LogP contribution in [0.2, 0.25) is 0 Å². The molecule has 0 aromatic carbocycles. The molecule has 3 aromatic heterocycles. The second kappa shape index (κ2) is 5.97. The molecular formula is C16H11N5O. The average Bonchev–Trinajstić information content (AvgIpc) is 3.11. The summed E-state index contributed by atoms with van der Waals surface area (Å²) in [7, 11) is 0. The number of imidazole rings is 1. The summed E-state index contributed by atoms with van der Waals surface area (Å²) in [5, 5.41) is 9.32. The lowest BCUT2D eigenvalue weighted by atomic mass is 9.96. The Morgan fingerprint density at radius 1 is 1.18 bits per heavy atom. The lowest BCUT2D eigenvalue weighted by Gasteiger charge is -2.08. The summed E-state index contributed by atoms with van der Waals surface area (Å²) in [5.41, 5.74) is 0.854. The van der Waals surface area contributed by atoms with Crippen molar-refractivity contribution >= 4 is 5.78 Å². The van der Waals surface area contributed by atoms with Gasteiger partial charge in [0.1, 0.15) is 12.1 Å². The predicted molar refractivity (Wildman–Crippen MR) is 78.3 cm³/mol. The SMILES string of the molecule is N#C[C@@H](C(=O)c1ccnc(-n2ccnc2)c1)c1ccccn1. The van der Waals surface area contributed by atoms with Crippen molar-refractivity contribution in [2.75, 3.05) is 0 Å². The van der Waals surface area contributed by atoms with Crippen LogP contribution in [-0.2, 0) is 0 Å². The summed E-state index contributed by atoms with van der Waals surface area (Å²) in [6.07, 6.45) is 8.06. The van der Waals surface area contributed by atoms with Crippen molar-refractivity contribution in [2.24, 2.45) is 0 Å². The largest absolute Gasteiger partial charge is 0.292 e. The molecule has 0 bridgehead atoms. The molecule has 6 nitrogen and oxygen atoms in total.